The molecule has 310 valence electrons. The summed E-state index contributed by atoms with van der Waals surface area (Å²) >= 11 is 0. The molecule has 0 aromatic heterocycles. The monoisotopic (exact) mass is 798 g/mol. The molecule has 0 saturated carbocycles. The first-order valence-electron chi connectivity index (χ1n) is 20.0. The molecule has 1 aliphatic carbocycles. The van der Waals surface area contributed by atoms with Crippen molar-refractivity contribution in [2.24, 2.45) is 5.92 Å². The number of alkyl carbamates (subject to hydrolysis) is 2. The van der Waals surface area contributed by atoms with Gasteiger partial charge < -0.3 is 45.3 Å². The summed E-state index contributed by atoms with van der Waals surface area (Å²) in [4.78, 5) is 65.3. The molecule has 58 heavy (non-hydrogen) atoms. The molecule has 0 unspecified atom stereocenters. The number of aliphatic hydroxyl groups excluding tert-OH is 1. The molecular formula is C44H54N4O10. The Hall–Kier alpha value is -5.73. The standard InChI is InChI=1S/C44H54N4O10/c49-24-26-55-25-23-45-40(50)27-32-15-5-2-6-21-39(48-44(54)58-30-38-36-19-9-7-17-34(36)35-18-8-10-20-37(35)38)42(52)56-29-33(47-41(32)51)16-11-12-22-46-43(53)57-28-31-13-3-1-4-14-31/h1-5,7-10,13-14,17-20,32-33,38-39,49H,6,11-12,15-16,21-30H2,(H,45,50)(H,46,53)(H,47,51)(H,48,54)/t32-,33+,39+/m1/s1. The molecule has 14 nitrogen and oxygen atoms in total. The quantitative estimate of drug-likeness (QED) is 0.0544. The number of allylic oxidation sites excluding steroid dienone is 2. The van der Waals surface area contributed by atoms with Gasteiger partial charge in [-0.1, -0.05) is 91.0 Å². The van der Waals surface area contributed by atoms with Crippen LogP contribution in [0.3, 0.4) is 0 Å². The Morgan fingerprint density at radius 1 is 0.810 bits per heavy atom. The topological polar surface area (TPSA) is 191 Å². The summed E-state index contributed by atoms with van der Waals surface area (Å²) in [6.45, 7) is 0.880. The van der Waals surface area contributed by atoms with Crippen LogP contribution in [0.4, 0.5) is 9.59 Å². The van der Waals surface area contributed by atoms with Gasteiger partial charge in [0.05, 0.1) is 31.8 Å². The molecule has 0 bridgehead atoms. The fourth-order valence-electron chi connectivity index (χ4n) is 6.96. The van der Waals surface area contributed by atoms with Gasteiger partial charge in [0.25, 0.3) is 0 Å². The van der Waals surface area contributed by atoms with Crippen molar-refractivity contribution in [2.75, 3.05) is 46.1 Å². The van der Waals surface area contributed by atoms with Crippen LogP contribution in [0.15, 0.2) is 91.0 Å². The highest BCUT2D eigenvalue weighted by molar-refractivity contribution is 5.86. The Balaban J connectivity index is 1.17. The Kier molecular flexibility index (Phi) is 17.6. The molecule has 0 fully saturated rings. The number of unbranched alkanes of at least 4 members (excludes halogenated alkanes) is 1. The number of cyclic esters (lactones) is 1. The van der Waals surface area contributed by atoms with Crippen LogP contribution in [0.2, 0.25) is 0 Å². The smallest absolute Gasteiger partial charge is 0.407 e. The van der Waals surface area contributed by atoms with Gasteiger partial charge in [0.1, 0.15) is 25.9 Å². The number of amides is 4. The van der Waals surface area contributed by atoms with Crippen LogP contribution in [-0.2, 0) is 39.9 Å². The molecule has 14 heteroatoms. The lowest BCUT2D eigenvalue weighted by Gasteiger charge is -2.23. The van der Waals surface area contributed by atoms with Crippen molar-refractivity contribution in [3.05, 3.63) is 108 Å². The van der Waals surface area contributed by atoms with E-state index in [4.69, 9.17) is 24.1 Å². The number of rotatable bonds is 17. The first-order valence-corrected chi connectivity index (χ1v) is 20.0. The highest BCUT2D eigenvalue weighted by atomic mass is 16.6. The van der Waals surface area contributed by atoms with Gasteiger partial charge in [-0.15, -0.1) is 0 Å². The Bertz CT molecular complexity index is 1790. The second-order valence-corrected chi connectivity index (χ2v) is 14.2. The van der Waals surface area contributed by atoms with E-state index in [1.165, 1.54) is 0 Å². The van der Waals surface area contributed by atoms with E-state index in [9.17, 15) is 24.0 Å². The zero-order valence-corrected chi connectivity index (χ0v) is 32.7. The summed E-state index contributed by atoms with van der Waals surface area (Å²) in [5, 5.41) is 20.0. The first-order chi connectivity index (χ1) is 28.3. The van der Waals surface area contributed by atoms with Crippen molar-refractivity contribution in [1.82, 2.24) is 21.3 Å². The van der Waals surface area contributed by atoms with Crippen molar-refractivity contribution >= 4 is 30.0 Å². The van der Waals surface area contributed by atoms with Crippen LogP contribution in [0.1, 0.15) is 67.6 Å². The second-order valence-electron chi connectivity index (χ2n) is 14.2. The lowest BCUT2D eigenvalue weighted by molar-refractivity contribution is -0.147. The van der Waals surface area contributed by atoms with E-state index in [0.717, 1.165) is 27.8 Å². The summed E-state index contributed by atoms with van der Waals surface area (Å²) in [7, 11) is 0. The molecule has 1 heterocycles. The van der Waals surface area contributed by atoms with E-state index >= 15 is 0 Å². The number of hydrogen-bond donors (Lipinski definition) is 5. The molecular weight excluding hydrogens is 745 g/mol. The third-order valence-electron chi connectivity index (χ3n) is 9.97. The van der Waals surface area contributed by atoms with Gasteiger partial charge in [0.2, 0.25) is 11.8 Å². The lowest BCUT2D eigenvalue weighted by Crippen LogP contribution is -2.46. The number of fused-ring (bicyclic) bond motifs is 3. The first kappa shape index (κ1) is 43.4. The summed E-state index contributed by atoms with van der Waals surface area (Å²) in [5.41, 5.74) is 5.21. The fourth-order valence-corrected chi connectivity index (χ4v) is 6.96. The summed E-state index contributed by atoms with van der Waals surface area (Å²) < 4.78 is 21.9. The summed E-state index contributed by atoms with van der Waals surface area (Å²) in [5.74, 6) is -2.22. The van der Waals surface area contributed by atoms with Crippen LogP contribution in [0.25, 0.3) is 11.1 Å². The van der Waals surface area contributed by atoms with Gasteiger partial charge in [-0.05, 0) is 66.3 Å². The zero-order valence-electron chi connectivity index (χ0n) is 32.7. The molecule has 0 radical (unpaired) electrons. The lowest BCUT2D eigenvalue weighted by atomic mass is 9.98. The van der Waals surface area contributed by atoms with E-state index in [0.29, 0.717) is 32.2 Å². The van der Waals surface area contributed by atoms with Crippen molar-refractivity contribution < 1.29 is 48.0 Å². The number of nitrogens with one attached hydrogen (secondary N) is 4. The predicted molar refractivity (Wildman–Crippen MR) is 215 cm³/mol. The minimum Gasteiger partial charge on any atom is -0.462 e. The number of esters is 1. The van der Waals surface area contributed by atoms with E-state index in [2.05, 4.69) is 33.4 Å². The molecule has 0 spiro atoms. The van der Waals surface area contributed by atoms with Crippen LogP contribution < -0.4 is 21.3 Å². The van der Waals surface area contributed by atoms with E-state index in [1.54, 1.807) is 6.08 Å². The van der Waals surface area contributed by atoms with Crippen molar-refractivity contribution in [2.45, 2.75) is 69.6 Å². The largest absolute Gasteiger partial charge is 0.462 e. The van der Waals surface area contributed by atoms with E-state index in [1.807, 2.05) is 72.8 Å². The fraction of sp³-hybridized carbons (Fsp3) is 0.432. The van der Waals surface area contributed by atoms with Crippen LogP contribution in [0.5, 0.6) is 0 Å². The van der Waals surface area contributed by atoms with Gasteiger partial charge in [0.15, 0.2) is 0 Å². The van der Waals surface area contributed by atoms with Crippen molar-refractivity contribution in [3.8, 4) is 11.1 Å². The Morgan fingerprint density at radius 3 is 2.28 bits per heavy atom. The number of aliphatic hydroxyl groups is 1. The summed E-state index contributed by atoms with van der Waals surface area (Å²) in [6.07, 6.45) is 4.63. The highest BCUT2D eigenvalue weighted by Crippen LogP contribution is 2.44. The number of hydrogen-bond acceptors (Lipinski definition) is 10. The zero-order chi connectivity index (χ0) is 41.0. The normalized spacial score (nSPS) is 18.2. The SMILES string of the molecule is O=C(C[C@H]1CC=CCC[C@H](NC(=O)OCC2c3ccccc3-c3ccccc32)C(=O)OC[C@H](CCCCNC(=O)OCc2ccccc2)NC1=O)NCCOCCO. The Morgan fingerprint density at radius 2 is 1.53 bits per heavy atom. The van der Waals surface area contributed by atoms with E-state index in [-0.39, 0.29) is 83.2 Å². The number of carbonyl (C=O) groups is 5. The van der Waals surface area contributed by atoms with E-state index < -0.39 is 36.2 Å². The predicted octanol–water partition coefficient (Wildman–Crippen LogP) is 4.89. The molecule has 3 atom stereocenters. The van der Waals surface area contributed by atoms with Crippen LogP contribution >= 0.6 is 0 Å². The minimum absolute atomic E-state index is 0.0797. The van der Waals surface area contributed by atoms with Gasteiger partial charge in [-0.25, -0.2) is 14.4 Å². The summed E-state index contributed by atoms with van der Waals surface area (Å²) in [6, 6.07) is 23.7. The van der Waals surface area contributed by atoms with Gasteiger partial charge in [-0.3, -0.25) is 9.59 Å². The van der Waals surface area contributed by atoms with Crippen LogP contribution in [-0.4, -0.2) is 93.3 Å². The van der Waals surface area contributed by atoms with Crippen LogP contribution in [0, 0.1) is 5.92 Å². The third-order valence-corrected chi connectivity index (χ3v) is 9.97. The molecule has 3 aromatic carbocycles. The molecule has 5 rings (SSSR count). The molecule has 3 aromatic rings. The molecule has 2 aliphatic rings. The van der Waals surface area contributed by atoms with Crippen molar-refractivity contribution in [1.29, 1.82) is 0 Å². The van der Waals surface area contributed by atoms with Crippen molar-refractivity contribution in [3.63, 3.8) is 0 Å². The molecule has 5 N–H and O–H groups in total. The average Bonchev–Trinajstić information content (AvgIpc) is 3.56. The number of ether oxygens (including phenoxy) is 4. The average molecular weight is 799 g/mol. The maximum Gasteiger partial charge on any atom is 0.407 e. The van der Waals surface area contributed by atoms with Gasteiger partial charge in [0, 0.05) is 25.4 Å². The Labute approximate surface area is 339 Å². The molecule has 1 aliphatic heterocycles. The molecule has 0 saturated heterocycles. The third kappa shape index (κ3) is 13.7. The number of carbonyl (C=O) groups excluding carboxylic acids is 5. The second kappa shape index (κ2) is 23.5. The maximum atomic E-state index is 13.6. The van der Waals surface area contributed by atoms with Gasteiger partial charge in [-0.2, -0.15) is 0 Å². The molecule has 4 amide bonds. The minimum atomic E-state index is -1.02. The maximum absolute atomic E-state index is 13.6. The highest BCUT2D eigenvalue weighted by Gasteiger charge is 2.31. The van der Waals surface area contributed by atoms with Gasteiger partial charge >= 0.3 is 18.2 Å². The number of benzene rings is 3.